The van der Waals surface area contributed by atoms with Crippen molar-refractivity contribution in [3.8, 4) is 0 Å². The highest BCUT2D eigenvalue weighted by molar-refractivity contribution is 7.88. The lowest BCUT2D eigenvalue weighted by Gasteiger charge is -2.47. The van der Waals surface area contributed by atoms with Gasteiger partial charge in [-0.3, -0.25) is 23.4 Å². The Bertz CT molecular complexity index is 2170. The van der Waals surface area contributed by atoms with E-state index in [0.29, 0.717) is 63.4 Å². The maximum atomic E-state index is 14.6. The van der Waals surface area contributed by atoms with E-state index in [1.54, 1.807) is 26.8 Å². The molecule has 0 aromatic heterocycles. The van der Waals surface area contributed by atoms with E-state index in [2.05, 4.69) is 6.58 Å². The molecule has 6 aliphatic rings. The van der Waals surface area contributed by atoms with Crippen LogP contribution in [0.25, 0.3) is 0 Å². The number of hydrogen-bond acceptors (Lipinski definition) is 15. The minimum atomic E-state index is -4.31. The van der Waals surface area contributed by atoms with Crippen LogP contribution < -0.4 is 0 Å². The van der Waals surface area contributed by atoms with E-state index in [9.17, 15) is 42.6 Å². The minimum absolute atomic E-state index is 0.0297. The molecule has 0 radical (unpaired) electrons. The molecule has 3 aliphatic carbocycles. The lowest BCUT2D eigenvalue weighted by Crippen LogP contribution is -2.64. The first-order valence-corrected chi connectivity index (χ1v) is 27.4. The molecule has 6 rings (SSSR count). The Balaban J connectivity index is 1.30. The molecule has 0 aromatic rings. The summed E-state index contributed by atoms with van der Waals surface area (Å²) in [5, 5.41) is 22.9. The molecule has 71 heavy (non-hydrogen) atoms. The Morgan fingerprint density at radius 1 is 0.901 bits per heavy atom. The molecule has 400 valence electrons. The third kappa shape index (κ3) is 11.4. The third-order valence-electron chi connectivity index (χ3n) is 17.9. The number of fused-ring (bicyclic) bond motifs is 5. The second-order valence-corrected chi connectivity index (χ2v) is 24.5. The number of aliphatic hydroxyl groups excluding tert-OH is 1. The number of methoxy groups -OCH3 is 3. The monoisotopic (exact) mass is 1020 g/mol. The first kappa shape index (κ1) is 57.1. The van der Waals surface area contributed by atoms with Crippen LogP contribution in [-0.2, 0) is 62.0 Å². The van der Waals surface area contributed by atoms with E-state index in [1.165, 1.54) is 21.3 Å². The largest absolute Gasteiger partial charge is 0.456 e. The molecule has 17 unspecified atom stereocenters. The summed E-state index contributed by atoms with van der Waals surface area (Å²) in [6.45, 7) is 18.7. The van der Waals surface area contributed by atoms with Crippen molar-refractivity contribution in [2.45, 2.75) is 199 Å². The molecule has 1 amide bonds. The number of amides is 1. The van der Waals surface area contributed by atoms with Gasteiger partial charge in [0.15, 0.2) is 5.78 Å². The fraction of sp³-hybridized carbons (Fsp3) is 0.796. The summed E-state index contributed by atoms with van der Waals surface area (Å²) >= 11 is 0. The molecule has 16 nitrogen and oxygen atoms in total. The van der Waals surface area contributed by atoms with Gasteiger partial charge in [-0.15, -0.1) is 6.58 Å². The van der Waals surface area contributed by atoms with Crippen LogP contribution in [0.5, 0.6) is 0 Å². The van der Waals surface area contributed by atoms with E-state index >= 15 is 0 Å². The van der Waals surface area contributed by atoms with E-state index < -0.39 is 116 Å². The van der Waals surface area contributed by atoms with Crippen molar-refractivity contribution < 1.29 is 70.5 Å². The number of ketones is 3. The van der Waals surface area contributed by atoms with Crippen molar-refractivity contribution in [2.75, 3.05) is 27.9 Å². The number of aliphatic hydroxyl groups is 2. The molecule has 2 N–H and O–H groups in total. The van der Waals surface area contributed by atoms with Crippen LogP contribution in [0.1, 0.15) is 139 Å². The fourth-order valence-corrected chi connectivity index (χ4v) is 15.2. The van der Waals surface area contributed by atoms with Crippen LogP contribution in [0.2, 0.25) is 0 Å². The number of Topliss-reactive ketones (excluding diaryl/α,β-unsaturated/α-hetero) is 3. The number of hydrogen-bond donors (Lipinski definition) is 2. The number of cyclic esters (lactones) is 1. The average molecular weight is 1020 g/mol. The lowest BCUT2D eigenvalue weighted by atomic mass is 9.70. The fourth-order valence-electron chi connectivity index (χ4n) is 13.1. The maximum absolute atomic E-state index is 14.6. The van der Waals surface area contributed by atoms with Crippen molar-refractivity contribution in [3.63, 3.8) is 0 Å². The average Bonchev–Trinajstić information content (AvgIpc) is 3.64. The third-order valence-corrected chi connectivity index (χ3v) is 19.6. The first-order valence-electron chi connectivity index (χ1n) is 26.0. The van der Waals surface area contributed by atoms with Crippen LogP contribution in [-0.4, -0.2) is 140 Å². The molecule has 4 bridgehead atoms. The molecular formula is C54H83NO15S. The molecule has 0 spiro atoms. The number of ether oxygens (including phenoxy) is 5. The SMILES string of the molecule is C=CCC1/C=C(/C)CC(C)CC(OC)C2OC(O)(C(=O)C(=O)N3CCCCC3C(=O)OC(/C(C)=C/C3CCC(OS(=O)(=O)C4C(=O)C5(C)CCC4C5(C)C)C(OC)C3)C(C)C(O)CC1=O)C(C)CC2OC. The van der Waals surface area contributed by atoms with Crippen molar-refractivity contribution >= 4 is 39.3 Å². The van der Waals surface area contributed by atoms with Gasteiger partial charge >= 0.3 is 5.97 Å². The van der Waals surface area contributed by atoms with Gasteiger partial charge in [0, 0.05) is 57.5 Å². The second-order valence-electron chi connectivity index (χ2n) is 22.8. The molecule has 5 fully saturated rings. The summed E-state index contributed by atoms with van der Waals surface area (Å²) in [6.07, 6.45) is 4.15. The number of rotatable bonds is 10. The highest BCUT2D eigenvalue weighted by Crippen LogP contribution is 2.65. The summed E-state index contributed by atoms with van der Waals surface area (Å²) in [5.41, 5.74) is 0.239. The van der Waals surface area contributed by atoms with E-state index in [4.69, 9.17) is 27.9 Å². The molecule has 0 aromatic carbocycles. The normalized spacial score (nSPS) is 42.2. The lowest BCUT2D eigenvalue weighted by molar-refractivity contribution is -0.302. The van der Waals surface area contributed by atoms with Crippen molar-refractivity contribution in [1.29, 1.82) is 0 Å². The summed E-state index contributed by atoms with van der Waals surface area (Å²) < 4.78 is 64.1. The predicted molar refractivity (Wildman–Crippen MR) is 264 cm³/mol. The smallest absolute Gasteiger partial charge is 0.329 e. The van der Waals surface area contributed by atoms with Crippen LogP contribution in [0, 0.1) is 46.3 Å². The van der Waals surface area contributed by atoms with Gasteiger partial charge in [0.25, 0.3) is 21.8 Å². The zero-order valence-electron chi connectivity index (χ0n) is 44.1. The molecule has 2 saturated heterocycles. The van der Waals surface area contributed by atoms with Crippen LogP contribution >= 0.6 is 0 Å². The number of allylic oxidation sites excluding steroid dienone is 4. The van der Waals surface area contributed by atoms with Gasteiger partial charge in [-0.25, -0.2) is 4.79 Å². The number of nitrogens with zero attached hydrogens (tertiary/aromatic N) is 1. The van der Waals surface area contributed by atoms with Crippen LogP contribution in [0.15, 0.2) is 36.0 Å². The highest BCUT2D eigenvalue weighted by Gasteiger charge is 2.70. The Morgan fingerprint density at radius 2 is 1.56 bits per heavy atom. The Morgan fingerprint density at radius 3 is 2.18 bits per heavy atom. The standard InChI is InChI=1S/C54H83NO15S/c1-13-16-36-24-30(2)23-31(3)25-43(66-11)46-44(67-12)27-33(5)54(62,69-46)49(59)50(60)55-22-15-14-17-38(55)51(61)68-45(34(6)39(56)29-40(36)57)32(4)26-35-18-19-41(42(28-35)65-10)70-71(63,64)47-37-20-21-53(9,48(47)58)52(37,7)8/h13,24,26,31,33-39,41-47,56,62H,1,14-23,25,27-29H2,2-12H3/b30-24-,32-26+. The quantitative estimate of drug-likeness (QED) is 0.105. The summed E-state index contributed by atoms with van der Waals surface area (Å²) in [5.74, 6) is -9.11. The molecule has 17 atom stereocenters. The molecule has 3 aliphatic heterocycles. The van der Waals surface area contributed by atoms with Crippen molar-refractivity contribution in [3.05, 3.63) is 36.0 Å². The number of esters is 1. The van der Waals surface area contributed by atoms with Gasteiger partial charge in [0.05, 0.1) is 24.4 Å². The van der Waals surface area contributed by atoms with Gasteiger partial charge in [-0.1, -0.05) is 65.3 Å². The van der Waals surface area contributed by atoms with Gasteiger partial charge in [0.2, 0.25) is 5.79 Å². The van der Waals surface area contributed by atoms with Crippen molar-refractivity contribution in [2.24, 2.45) is 46.3 Å². The van der Waals surface area contributed by atoms with Gasteiger partial charge in [-0.2, -0.15) is 8.42 Å². The summed E-state index contributed by atoms with van der Waals surface area (Å²) in [4.78, 5) is 72.4. The minimum Gasteiger partial charge on any atom is -0.456 e. The molecule has 3 heterocycles. The van der Waals surface area contributed by atoms with Gasteiger partial charge in [0.1, 0.15) is 35.4 Å². The zero-order valence-corrected chi connectivity index (χ0v) is 44.9. The Hall–Kier alpha value is -3.16. The zero-order chi connectivity index (χ0) is 52.5. The Kier molecular flexibility index (Phi) is 18.3. The number of carbonyl (C=O) groups excluding carboxylic acids is 5. The summed E-state index contributed by atoms with van der Waals surface area (Å²) in [6, 6.07) is -1.22. The van der Waals surface area contributed by atoms with Crippen LogP contribution in [0.3, 0.4) is 0 Å². The Labute approximate surface area is 422 Å². The summed E-state index contributed by atoms with van der Waals surface area (Å²) in [7, 11) is 0.203. The van der Waals surface area contributed by atoms with Crippen molar-refractivity contribution in [1.82, 2.24) is 4.90 Å². The first-order chi connectivity index (χ1) is 33.3. The molecule has 17 heteroatoms. The van der Waals surface area contributed by atoms with Gasteiger partial charge < -0.3 is 38.8 Å². The maximum Gasteiger partial charge on any atom is 0.329 e. The predicted octanol–water partition coefficient (Wildman–Crippen LogP) is 6.39. The van der Waals surface area contributed by atoms with Gasteiger partial charge in [-0.05, 0) is 120 Å². The molecular weight excluding hydrogens is 935 g/mol. The van der Waals surface area contributed by atoms with E-state index in [0.717, 1.165) is 10.5 Å². The van der Waals surface area contributed by atoms with E-state index in [-0.39, 0.29) is 61.5 Å². The van der Waals surface area contributed by atoms with E-state index in [1.807, 2.05) is 46.8 Å². The van der Waals surface area contributed by atoms with Crippen LogP contribution in [0.4, 0.5) is 0 Å². The second kappa shape index (κ2) is 22.8. The topological polar surface area (TPSA) is 219 Å². The molecule has 3 saturated carbocycles. The highest BCUT2D eigenvalue weighted by atomic mass is 32.2. The number of carbonyl (C=O) groups is 5. The number of piperidine rings is 1.